The van der Waals surface area contributed by atoms with Crippen LogP contribution in [0.4, 0.5) is 4.79 Å². The maximum atomic E-state index is 12.0. The average molecular weight is 236 g/mol. The number of carbonyl (C=O) groups excluding carboxylic acids is 1. The first-order valence-electron chi connectivity index (χ1n) is 5.89. The van der Waals surface area contributed by atoms with Crippen molar-refractivity contribution in [3.8, 4) is 0 Å². The van der Waals surface area contributed by atoms with Crippen LogP contribution < -0.4 is 5.73 Å². The molecule has 2 N–H and O–H groups in total. The summed E-state index contributed by atoms with van der Waals surface area (Å²) >= 11 is 0. The van der Waals surface area contributed by atoms with Crippen molar-refractivity contribution in [3.63, 3.8) is 0 Å². The van der Waals surface area contributed by atoms with E-state index in [2.05, 4.69) is 5.16 Å². The van der Waals surface area contributed by atoms with Crippen LogP contribution in [0.15, 0.2) is 10.6 Å². The van der Waals surface area contributed by atoms with Crippen LogP contribution in [0.2, 0.25) is 0 Å². The van der Waals surface area contributed by atoms with E-state index in [0.717, 1.165) is 25.1 Å². The fourth-order valence-corrected chi connectivity index (χ4v) is 2.73. The van der Waals surface area contributed by atoms with Crippen LogP contribution in [-0.4, -0.2) is 40.6 Å². The second-order valence-electron chi connectivity index (χ2n) is 4.72. The molecule has 2 saturated heterocycles. The van der Waals surface area contributed by atoms with Gasteiger partial charge in [-0.25, -0.2) is 4.79 Å². The molecule has 17 heavy (non-hydrogen) atoms. The summed E-state index contributed by atoms with van der Waals surface area (Å²) in [5.41, 5.74) is 6.32. The summed E-state index contributed by atoms with van der Waals surface area (Å²) in [7, 11) is 1.86. The van der Waals surface area contributed by atoms with Gasteiger partial charge in [-0.1, -0.05) is 5.16 Å². The molecule has 3 heterocycles. The van der Waals surface area contributed by atoms with Crippen molar-refractivity contribution in [1.82, 2.24) is 15.0 Å². The Bertz CT molecular complexity index is 444. The molecule has 0 unspecified atom stereocenters. The SMILES string of the molecule is CN1C(=O)N2C[C@H]1CC[C@H]2c1cc(CN)on1. The first-order valence-corrected chi connectivity index (χ1v) is 5.89. The molecule has 0 spiro atoms. The Labute approximate surface area is 99.3 Å². The molecule has 6 nitrogen and oxygen atoms in total. The van der Waals surface area contributed by atoms with Gasteiger partial charge in [-0.2, -0.15) is 0 Å². The van der Waals surface area contributed by atoms with Gasteiger partial charge in [0.25, 0.3) is 0 Å². The minimum absolute atomic E-state index is 0.0488. The lowest BCUT2D eigenvalue weighted by Gasteiger charge is -2.28. The van der Waals surface area contributed by atoms with Crippen LogP contribution >= 0.6 is 0 Å². The highest BCUT2D eigenvalue weighted by Crippen LogP contribution is 2.37. The molecular weight excluding hydrogens is 220 g/mol. The Morgan fingerprint density at radius 1 is 1.59 bits per heavy atom. The lowest BCUT2D eigenvalue weighted by Crippen LogP contribution is -2.34. The topological polar surface area (TPSA) is 75.6 Å². The molecule has 0 aromatic carbocycles. The van der Waals surface area contributed by atoms with Gasteiger partial charge in [0.05, 0.1) is 18.6 Å². The van der Waals surface area contributed by atoms with Crippen LogP contribution in [0.1, 0.15) is 30.3 Å². The number of carbonyl (C=O) groups is 1. The number of urea groups is 1. The van der Waals surface area contributed by atoms with Gasteiger partial charge in [0.1, 0.15) is 5.69 Å². The molecule has 2 aliphatic heterocycles. The Morgan fingerprint density at radius 3 is 3.12 bits per heavy atom. The fourth-order valence-electron chi connectivity index (χ4n) is 2.73. The van der Waals surface area contributed by atoms with Crippen molar-refractivity contribution in [3.05, 3.63) is 17.5 Å². The standard InChI is InChI=1S/C11H16N4O2/c1-14-7-2-3-10(15(6-7)11(14)16)9-4-8(5-12)17-13-9/h4,7,10H,2-3,5-6,12H2,1H3/t7-,10+/m1/s1. The highest BCUT2D eigenvalue weighted by Gasteiger charge is 2.43. The maximum absolute atomic E-state index is 12.0. The van der Waals surface area contributed by atoms with Gasteiger partial charge in [-0.05, 0) is 12.8 Å². The molecule has 92 valence electrons. The number of fused-ring (bicyclic) bond motifs is 2. The van der Waals surface area contributed by atoms with Gasteiger partial charge in [0, 0.05) is 19.7 Å². The summed E-state index contributed by atoms with van der Waals surface area (Å²) in [6.07, 6.45) is 1.96. The van der Waals surface area contributed by atoms with Gasteiger partial charge in [0.15, 0.2) is 5.76 Å². The number of hydrogen-bond donors (Lipinski definition) is 1. The number of hydrogen-bond acceptors (Lipinski definition) is 4. The third-order valence-corrected chi connectivity index (χ3v) is 3.77. The van der Waals surface area contributed by atoms with E-state index < -0.39 is 0 Å². The van der Waals surface area contributed by atoms with Crippen LogP contribution in [0, 0.1) is 0 Å². The molecule has 2 aliphatic rings. The van der Waals surface area contributed by atoms with Crippen LogP contribution in [-0.2, 0) is 6.54 Å². The highest BCUT2D eigenvalue weighted by atomic mass is 16.5. The molecular formula is C11H16N4O2. The number of amides is 2. The van der Waals surface area contributed by atoms with E-state index in [1.807, 2.05) is 22.9 Å². The quantitative estimate of drug-likeness (QED) is 0.820. The van der Waals surface area contributed by atoms with Crippen molar-refractivity contribution in [2.75, 3.05) is 13.6 Å². The van der Waals surface area contributed by atoms with Crippen molar-refractivity contribution in [1.29, 1.82) is 0 Å². The minimum Gasteiger partial charge on any atom is -0.360 e. The smallest absolute Gasteiger partial charge is 0.320 e. The molecule has 0 radical (unpaired) electrons. The number of piperidine rings is 1. The van der Waals surface area contributed by atoms with Crippen LogP contribution in [0.25, 0.3) is 0 Å². The minimum atomic E-state index is 0.0488. The third-order valence-electron chi connectivity index (χ3n) is 3.77. The molecule has 2 atom stereocenters. The van der Waals surface area contributed by atoms with Gasteiger partial charge < -0.3 is 20.1 Å². The van der Waals surface area contributed by atoms with E-state index in [9.17, 15) is 4.79 Å². The summed E-state index contributed by atoms with van der Waals surface area (Å²) in [4.78, 5) is 15.7. The molecule has 2 amide bonds. The van der Waals surface area contributed by atoms with Crippen molar-refractivity contribution < 1.29 is 9.32 Å². The summed E-state index contributed by atoms with van der Waals surface area (Å²) in [6.45, 7) is 1.14. The second-order valence-corrected chi connectivity index (χ2v) is 4.72. The van der Waals surface area contributed by atoms with E-state index in [1.165, 1.54) is 0 Å². The van der Waals surface area contributed by atoms with Crippen molar-refractivity contribution >= 4 is 6.03 Å². The van der Waals surface area contributed by atoms with Crippen LogP contribution in [0.3, 0.4) is 0 Å². The molecule has 0 saturated carbocycles. The summed E-state index contributed by atoms with van der Waals surface area (Å²) in [5, 5.41) is 4.02. The third kappa shape index (κ3) is 1.51. The zero-order chi connectivity index (χ0) is 12.0. The number of aromatic nitrogens is 1. The lowest BCUT2D eigenvalue weighted by molar-refractivity contribution is 0.177. The second kappa shape index (κ2) is 3.73. The number of rotatable bonds is 2. The predicted octanol–water partition coefficient (Wildman–Crippen LogP) is 0.704. The molecule has 1 aromatic heterocycles. The first-order chi connectivity index (χ1) is 8.20. The maximum Gasteiger partial charge on any atom is 0.320 e. The summed E-state index contributed by atoms with van der Waals surface area (Å²) in [6, 6.07) is 2.36. The van der Waals surface area contributed by atoms with Gasteiger partial charge >= 0.3 is 6.03 Å². The largest absolute Gasteiger partial charge is 0.360 e. The van der Waals surface area contributed by atoms with Crippen molar-refractivity contribution in [2.45, 2.75) is 31.5 Å². The lowest BCUT2D eigenvalue weighted by atomic mass is 9.98. The predicted molar refractivity (Wildman–Crippen MR) is 60.0 cm³/mol. The Morgan fingerprint density at radius 2 is 2.41 bits per heavy atom. The molecule has 1 aromatic rings. The molecule has 0 aliphatic carbocycles. The average Bonchev–Trinajstić information content (AvgIpc) is 2.91. The zero-order valence-corrected chi connectivity index (χ0v) is 9.80. The normalized spacial score (nSPS) is 28.0. The van der Waals surface area contributed by atoms with E-state index in [0.29, 0.717) is 18.3 Å². The molecule has 2 bridgehead atoms. The number of nitrogens with zero attached hydrogens (tertiary/aromatic N) is 3. The van der Waals surface area contributed by atoms with E-state index in [4.69, 9.17) is 10.3 Å². The monoisotopic (exact) mass is 236 g/mol. The van der Waals surface area contributed by atoms with E-state index >= 15 is 0 Å². The van der Waals surface area contributed by atoms with Crippen LogP contribution in [0.5, 0.6) is 0 Å². The Balaban J connectivity index is 1.87. The summed E-state index contributed by atoms with van der Waals surface area (Å²) in [5.74, 6) is 0.669. The first kappa shape index (κ1) is 10.6. The summed E-state index contributed by atoms with van der Waals surface area (Å²) < 4.78 is 5.11. The molecule has 2 fully saturated rings. The molecule has 3 rings (SSSR count). The fraction of sp³-hybridized carbons (Fsp3) is 0.636. The van der Waals surface area contributed by atoms with Gasteiger partial charge in [0.2, 0.25) is 0 Å². The number of nitrogens with two attached hydrogens (primary N) is 1. The zero-order valence-electron chi connectivity index (χ0n) is 9.80. The highest BCUT2D eigenvalue weighted by molar-refractivity contribution is 5.77. The van der Waals surface area contributed by atoms with Gasteiger partial charge in [-0.15, -0.1) is 0 Å². The number of likely N-dealkylation sites (N-methyl/N-ethyl adjacent to an activating group) is 1. The van der Waals surface area contributed by atoms with Gasteiger partial charge in [-0.3, -0.25) is 0 Å². The van der Waals surface area contributed by atoms with Crippen molar-refractivity contribution in [2.24, 2.45) is 5.73 Å². The Kier molecular flexibility index (Phi) is 2.32. The van der Waals surface area contributed by atoms with E-state index in [1.54, 1.807) is 0 Å². The molecule has 6 heteroatoms. The Hall–Kier alpha value is -1.56. The van der Waals surface area contributed by atoms with E-state index in [-0.39, 0.29) is 12.1 Å².